The van der Waals surface area contributed by atoms with Crippen molar-refractivity contribution in [2.75, 3.05) is 0 Å². The molecule has 3 aromatic rings. The van der Waals surface area contributed by atoms with Gasteiger partial charge in [0.1, 0.15) is 5.82 Å². The van der Waals surface area contributed by atoms with Gasteiger partial charge < -0.3 is 15.7 Å². The first-order valence-corrected chi connectivity index (χ1v) is 6.77. The third kappa shape index (κ3) is 2.17. The third-order valence-corrected chi connectivity index (χ3v) is 3.83. The molecule has 0 amide bonds. The molecule has 2 aromatic carbocycles. The van der Waals surface area contributed by atoms with Crippen LogP contribution in [0.1, 0.15) is 17.2 Å². The molecule has 0 spiro atoms. The molecule has 0 aliphatic heterocycles. The van der Waals surface area contributed by atoms with Crippen LogP contribution in [0.25, 0.3) is 11.0 Å². The molecule has 1 atom stereocenters. The molecule has 4 N–H and O–H groups in total. The number of benzene rings is 2. The van der Waals surface area contributed by atoms with Crippen molar-refractivity contribution >= 4 is 27.0 Å². The van der Waals surface area contributed by atoms with Gasteiger partial charge in [-0.15, -0.1) is 0 Å². The molecule has 6 heteroatoms. The van der Waals surface area contributed by atoms with E-state index in [4.69, 9.17) is 5.73 Å². The Morgan fingerprint density at radius 3 is 2.70 bits per heavy atom. The summed E-state index contributed by atoms with van der Waals surface area (Å²) in [5.74, 6) is -0.373. The number of aromatic amines is 2. The molecular weight excluding hydrogens is 325 g/mol. The molecule has 102 valence electrons. The maximum Gasteiger partial charge on any atom is 0.323 e. The molecular formula is C14H11BrFN3O. The van der Waals surface area contributed by atoms with E-state index in [0.29, 0.717) is 21.1 Å². The molecule has 0 radical (unpaired) electrons. The minimum absolute atomic E-state index is 0.278. The zero-order chi connectivity index (χ0) is 14.3. The fraction of sp³-hybridized carbons (Fsp3) is 0.0714. The van der Waals surface area contributed by atoms with E-state index in [2.05, 4.69) is 25.9 Å². The first kappa shape index (κ1) is 13.1. The van der Waals surface area contributed by atoms with Crippen LogP contribution in [0, 0.1) is 5.82 Å². The summed E-state index contributed by atoms with van der Waals surface area (Å²) in [4.78, 5) is 16.5. The van der Waals surface area contributed by atoms with Gasteiger partial charge in [0.15, 0.2) is 0 Å². The van der Waals surface area contributed by atoms with Gasteiger partial charge >= 0.3 is 5.69 Å². The highest BCUT2D eigenvalue weighted by atomic mass is 79.9. The lowest BCUT2D eigenvalue weighted by Crippen LogP contribution is -2.13. The van der Waals surface area contributed by atoms with Gasteiger partial charge in [-0.2, -0.15) is 0 Å². The number of hydrogen-bond donors (Lipinski definition) is 3. The molecule has 0 bridgehead atoms. The van der Waals surface area contributed by atoms with Crippen LogP contribution in [0.2, 0.25) is 0 Å². The number of rotatable bonds is 2. The summed E-state index contributed by atoms with van der Waals surface area (Å²) in [5.41, 5.74) is 8.31. The SMILES string of the molecule is NC(c1ccc2[nH]c(=O)[nH]c2c1)c1cccc(Br)c1F. The van der Waals surface area contributed by atoms with E-state index in [1.165, 1.54) is 0 Å². The quantitative estimate of drug-likeness (QED) is 0.673. The predicted octanol–water partition coefficient (Wildman–Crippen LogP) is 2.81. The Balaban J connectivity index is 2.09. The Bertz CT molecular complexity index is 840. The number of hydrogen-bond acceptors (Lipinski definition) is 2. The van der Waals surface area contributed by atoms with Crippen molar-refractivity contribution in [1.29, 1.82) is 0 Å². The fourth-order valence-electron chi connectivity index (χ4n) is 2.18. The van der Waals surface area contributed by atoms with Gasteiger partial charge in [-0.05, 0) is 39.7 Å². The van der Waals surface area contributed by atoms with Gasteiger partial charge in [-0.3, -0.25) is 0 Å². The zero-order valence-corrected chi connectivity index (χ0v) is 11.9. The van der Waals surface area contributed by atoms with Crippen LogP contribution >= 0.6 is 15.9 Å². The highest BCUT2D eigenvalue weighted by molar-refractivity contribution is 9.10. The zero-order valence-electron chi connectivity index (χ0n) is 10.3. The summed E-state index contributed by atoms with van der Waals surface area (Å²) in [7, 11) is 0. The molecule has 1 unspecified atom stereocenters. The Hall–Kier alpha value is -1.92. The highest BCUT2D eigenvalue weighted by Gasteiger charge is 2.16. The average molecular weight is 336 g/mol. The molecule has 0 fully saturated rings. The normalized spacial score (nSPS) is 12.8. The van der Waals surface area contributed by atoms with Crippen LogP contribution < -0.4 is 11.4 Å². The van der Waals surface area contributed by atoms with Crippen molar-refractivity contribution in [1.82, 2.24) is 9.97 Å². The van der Waals surface area contributed by atoms with E-state index in [0.717, 1.165) is 5.56 Å². The number of imidazole rings is 1. The van der Waals surface area contributed by atoms with Gasteiger partial charge in [0.2, 0.25) is 0 Å². The van der Waals surface area contributed by atoms with E-state index < -0.39 is 6.04 Å². The third-order valence-electron chi connectivity index (χ3n) is 3.22. The first-order chi connectivity index (χ1) is 9.56. The van der Waals surface area contributed by atoms with Crippen LogP contribution in [0.15, 0.2) is 45.7 Å². The summed E-state index contributed by atoms with van der Waals surface area (Å²) in [6.07, 6.45) is 0. The van der Waals surface area contributed by atoms with Gasteiger partial charge in [0.25, 0.3) is 0 Å². The molecule has 0 aliphatic carbocycles. The molecule has 0 saturated heterocycles. The second kappa shape index (κ2) is 4.88. The van der Waals surface area contributed by atoms with Crippen molar-refractivity contribution in [3.8, 4) is 0 Å². The standard InChI is InChI=1S/C14H11BrFN3O/c15-9-3-1-2-8(12(9)16)13(17)7-4-5-10-11(6-7)19-14(20)18-10/h1-6,13H,17H2,(H2,18,19,20). The number of aromatic nitrogens is 2. The first-order valence-electron chi connectivity index (χ1n) is 5.97. The maximum absolute atomic E-state index is 14.1. The van der Waals surface area contributed by atoms with E-state index in [1.54, 1.807) is 36.4 Å². The van der Waals surface area contributed by atoms with Crippen molar-refractivity contribution in [3.05, 3.63) is 68.3 Å². The Labute approximate surface area is 121 Å². The van der Waals surface area contributed by atoms with Crippen LogP contribution in [-0.4, -0.2) is 9.97 Å². The topological polar surface area (TPSA) is 74.7 Å². The van der Waals surface area contributed by atoms with Crippen LogP contribution in [-0.2, 0) is 0 Å². The van der Waals surface area contributed by atoms with Crippen LogP contribution in [0.4, 0.5) is 4.39 Å². The summed E-state index contributed by atoms with van der Waals surface area (Å²) in [6, 6.07) is 9.68. The average Bonchev–Trinajstić information content (AvgIpc) is 2.80. The number of halogens is 2. The van der Waals surface area contributed by atoms with Gasteiger partial charge in [-0.1, -0.05) is 18.2 Å². The smallest absolute Gasteiger partial charge is 0.320 e. The summed E-state index contributed by atoms with van der Waals surface area (Å²) in [6.45, 7) is 0. The second-order valence-electron chi connectivity index (χ2n) is 4.50. The largest absolute Gasteiger partial charge is 0.323 e. The van der Waals surface area contributed by atoms with Crippen LogP contribution in [0.3, 0.4) is 0 Å². The molecule has 20 heavy (non-hydrogen) atoms. The number of nitrogens with one attached hydrogen (secondary N) is 2. The lowest BCUT2D eigenvalue weighted by Gasteiger charge is -2.14. The van der Waals surface area contributed by atoms with Gasteiger partial charge in [0.05, 0.1) is 21.5 Å². The second-order valence-corrected chi connectivity index (χ2v) is 5.36. The molecule has 1 aromatic heterocycles. The van der Waals surface area contributed by atoms with Crippen molar-refractivity contribution in [3.63, 3.8) is 0 Å². The predicted molar refractivity (Wildman–Crippen MR) is 79.0 cm³/mol. The summed E-state index contributed by atoms with van der Waals surface area (Å²) in [5, 5.41) is 0. The summed E-state index contributed by atoms with van der Waals surface area (Å²) >= 11 is 3.15. The van der Waals surface area contributed by atoms with Gasteiger partial charge in [-0.25, -0.2) is 9.18 Å². The minimum atomic E-state index is -0.602. The van der Waals surface area contributed by atoms with Crippen molar-refractivity contribution < 1.29 is 4.39 Å². The lowest BCUT2D eigenvalue weighted by atomic mass is 9.99. The Morgan fingerprint density at radius 1 is 1.15 bits per heavy atom. The number of nitrogens with two attached hydrogens (primary N) is 1. The monoisotopic (exact) mass is 335 g/mol. The number of H-pyrrole nitrogens is 2. The maximum atomic E-state index is 14.1. The lowest BCUT2D eigenvalue weighted by molar-refractivity contribution is 0.593. The molecule has 3 rings (SSSR count). The van der Waals surface area contributed by atoms with E-state index in [1.807, 2.05) is 0 Å². The Morgan fingerprint density at radius 2 is 1.90 bits per heavy atom. The van der Waals surface area contributed by atoms with E-state index in [9.17, 15) is 9.18 Å². The highest BCUT2D eigenvalue weighted by Crippen LogP contribution is 2.27. The Kier molecular flexibility index (Phi) is 3.19. The molecule has 1 heterocycles. The van der Waals surface area contributed by atoms with Crippen molar-refractivity contribution in [2.45, 2.75) is 6.04 Å². The molecule has 0 saturated carbocycles. The number of fused-ring (bicyclic) bond motifs is 1. The fourth-order valence-corrected chi connectivity index (χ4v) is 2.57. The van der Waals surface area contributed by atoms with E-state index >= 15 is 0 Å². The van der Waals surface area contributed by atoms with Crippen LogP contribution in [0.5, 0.6) is 0 Å². The van der Waals surface area contributed by atoms with E-state index in [-0.39, 0.29) is 11.5 Å². The molecule has 0 aliphatic rings. The molecule has 4 nitrogen and oxygen atoms in total. The summed E-state index contributed by atoms with van der Waals surface area (Å²) < 4.78 is 14.4. The minimum Gasteiger partial charge on any atom is -0.320 e. The van der Waals surface area contributed by atoms with Crippen molar-refractivity contribution in [2.24, 2.45) is 5.73 Å². The van der Waals surface area contributed by atoms with Gasteiger partial charge in [0, 0.05) is 5.56 Å².